The van der Waals surface area contributed by atoms with Crippen LogP contribution in [-0.2, 0) is 24.7 Å². The molecule has 0 aromatic carbocycles. The number of carbonyl (C=O) groups is 2. The van der Waals surface area contributed by atoms with Gasteiger partial charge in [-0.15, -0.1) is 0 Å². The Kier molecular flexibility index (Phi) is 2.41. The molecule has 0 unspecified atom stereocenters. The van der Waals surface area contributed by atoms with E-state index in [4.69, 9.17) is 5.73 Å². The first kappa shape index (κ1) is 11.5. The maximum absolute atomic E-state index is 11.8. The van der Waals surface area contributed by atoms with Gasteiger partial charge in [-0.25, -0.2) is 9.97 Å². The Bertz CT molecular complexity index is 704. The van der Waals surface area contributed by atoms with Gasteiger partial charge in [0.15, 0.2) is 0 Å². The Morgan fingerprint density at radius 3 is 2.89 bits per heavy atom. The molecule has 2 N–H and O–H groups in total. The first-order chi connectivity index (χ1) is 9.09. The second-order valence-electron chi connectivity index (χ2n) is 4.39. The van der Waals surface area contributed by atoms with Gasteiger partial charge in [0.2, 0.25) is 0 Å². The standard InChI is InChI=1S/C12H11N5O2/c1-17-10-7(9(16-17)11(18)12(13)19)3-2-6-4-14-5-15-8(6)10/h4-5H,2-3H2,1H3,(H2,13,19). The van der Waals surface area contributed by atoms with E-state index in [1.165, 1.54) is 6.33 Å². The van der Waals surface area contributed by atoms with Gasteiger partial charge in [0.05, 0.1) is 11.4 Å². The summed E-state index contributed by atoms with van der Waals surface area (Å²) in [6, 6.07) is 0. The van der Waals surface area contributed by atoms with Gasteiger partial charge in [-0.1, -0.05) is 0 Å². The van der Waals surface area contributed by atoms with Crippen molar-refractivity contribution in [3.63, 3.8) is 0 Å². The number of rotatable bonds is 2. The summed E-state index contributed by atoms with van der Waals surface area (Å²) in [7, 11) is 1.72. The second-order valence-corrected chi connectivity index (χ2v) is 4.39. The fourth-order valence-electron chi connectivity index (χ4n) is 2.41. The summed E-state index contributed by atoms with van der Waals surface area (Å²) in [6.45, 7) is 0. The smallest absolute Gasteiger partial charge is 0.291 e. The third-order valence-corrected chi connectivity index (χ3v) is 3.24. The Morgan fingerprint density at radius 1 is 1.37 bits per heavy atom. The van der Waals surface area contributed by atoms with Crippen LogP contribution in [-0.4, -0.2) is 31.4 Å². The highest BCUT2D eigenvalue weighted by Gasteiger charge is 2.29. The van der Waals surface area contributed by atoms with Crippen molar-refractivity contribution in [2.75, 3.05) is 0 Å². The van der Waals surface area contributed by atoms with Gasteiger partial charge in [0, 0.05) is 18.8 Å². The number of carbonyl (C=O) groups excluding carboxylic acids is 2. The van der Waals surface area contributed by atoms with Gasteiger partial charge in [-0.2, -0.15) is 5.10 Å². The lowest BCUT2D eigenvalue weighted by molar-refractivity contribution is -0.114. The van der Waals surface area contributed by atoms with Crippen LogP contribution < -0.4 is 5.73 Å². The van der Waals surface area contributed by atoms with Crippen LogP contribution in [0.25, 0.3) is 11.4 Å². The molecule has 0 bridgehead atoms. The Morgan fingerprint density at radius 2 is 2.16 bits per heavy atom. The fraction of sp³-hybridized carbons (Fsp3) is 0.250. The normalized spacial score (nSPS) is 12.7. The number of ketones is 1. The molecule has 2 aromatic rings. The zero-order valence-corrected chi connectivity index (χ0v) is 10.3. The average Bonchev–Trinajstić information content (AvgIpc) is 2.75. The Labute approximate surface area is 108 Å². The summed E-state index contributed by atoms with van der Waals surface area (Å²) in [5, 5.41) is 4.12. The lowest BCUT2D eigenvalue weighted by Crippen LogP contribution is -2.25. The molecule has 96 valence electrons. The van der Waals surface area contributed by atoms with E-state index >= 15 is 0 Å². The van der Waals surface area contributed by atoms with Gasteiger partial charge < -0.3 is 5.73 Å². The molecule has 0 saturated heterocycles. The average molecular weight is 257 g/mol. The first-order valence-corrected chi connectivity index (χ1v) is 5.79. The van der Waals surface area contributed by atoms with E-state index in [1.807, 2.05) is 0 Å². The zero-order chi connectivity index (χ0) is 13.6. The number of hydrogen-bond donors (Lipinski definition) is 1. The SMILES string of the molecule is Cn1nc(C(=O)C(N)=O)c2c1-c1ncncc1CC2. The van der Waals surface area contributed by atoms with Crippen LogP contribution in [0.5, 0.6) is 0 Å². The summed E-state index contributed by atoms with van der Waals surface area (Å²) >= 11 is 0. The number of nitrogens with two attached hydrogens (primary N) is 1. The van der Waals surface area contributed by atoms with Gasteiger partial charge >= 0.3 is 0 Å². The topological polar surface area (TPSA) is 104 Å². The number of aryl methyl sites for hydroxylation is 2. The van der Waals surface area contributed by atoms with Crippen LogP contribution in [0.1, 0.15) is 21.6 Å². The molecule has 1 aliphatic carbocycles. The van der Waals surface area contributed by atoms with Crippen LogP contribution in [0.2, 0.25) is 0 Å². The minimum Gasteiger partial charge on any atom is -0.363 e. The van der Waals surface area contributed by atoms with Gasteiger partial charge in [0.25, 0.3) is 11.7 Å². The number of fused-ring (bicyclic) bond motifs is 3. The van der Waals surface area contributed by atoms with E-state index in [1.54, 1.807) is 17.9 Å². The third kappa shape index (κ3) is 1.62. The van der Waals surface area contributed by atoms with Gasteiger partial charge in [-0.05, 0) is 18.4 Å². The van der Waals surface area contributed by atoms with Crippen molar-refractivity contribution < 1.29 is 9.59 Å². The molecule has 0 radical (unpaired) electrons. The molecular formula is C12H11N5O2. The monoisotopic (exact) mass is 257 g/mol. The highest BCUT2D eigenvalue weighted by atomic mass is 16.2. The summed E-state index contributed by atoms with van der Waals surface area (Å²) in [5.74, 6) is -1.75. The molecule has 0 spiro atoms. The predicted octanol–water partition coefficient (Wildman–Crippen LogP) is -0.356. The largest absolute Gasteiger partial charge is 0.363 e. The molecule has 0 saturated carbocycles. The van der Waals surface area contributed by atoms with Crippen molar-refractivity contribution >= 4 is 11.7 Å². The number of primary amides is 1. The fourth-order valence-corrected chi connectivity index (χ4v) is 2.41. The summed E-state index contributed by atoms with van der Waals surface area (Å²) < 4.78 is 1.57. The van der Waals surface area contributed by atoms with E-state index in [9.17, 15) is 9.59 Å². The van der Waals surface area contributed by atoms with Gasteiger partial charge in [0.1, 0.15) is 12.0 Å². The number of aromatic nitrogens is 4. The molecule has 7 nitrogen and oxygen atoms in total. The Hall–Kier alpha value is -2.57. The zero-order valence-electron chi connectivity index (χ0n) is 10.3. The first-order valence-electron chi connectivity index (χ1n) is 5.79. The lowest BCUT2D eigenvalue weighted by Gasteiger charge is -2.15. The molecule has 1 amide bonds. The van der Waals surface area contributed by atoms with E-state index in [0.29, 0.717) is 12.8 Å². The summed E-state index contributed by atoms with van der Waals surface area (Å²) in [6.07, 6.45) is 4.55. The van der Waals surface area contributed by atoms with Crippen molar-refractivity contribution in [3.05, 3.63) is 29.3 Å². The van der Waals surface area contributed by atoms with E-state index in [2.05, 4.69) is 15.1 Å². The molecule has 7 heteroatoms. The number of Topliss-reactive ketones (excluding diaryl/α,β-unsaturated/α-hetero) is 1. The predicted molar refractivity (Wildman–Crippen MR) is 65.2 cm³/mol. The molecule has 2 aromatic heterocycles. The lowest BCUT2D eigenvalue weighted by atomic mass is 9.92. The van der Waals surface area contributed by atoms with Crippen LogP contribution in [0, 0.1) is 0 Å². The molecule has 1 aliphatic rings. The van der Waals surface area contributed by atoms with Crippen molar-refractivity contribution in [2.45, 2.75) is 12.8 Å². The summed E-state index contributed by atoms with van der Waals surface area (Å²) in [5.41, 5.74) is 8.44. The molecule has 0 fully saturated rings. The molecule has 0 aliphatic heterocycles. The van der Waals surface area contributed by atoms with E-state index in [-0.39, 0.29) is 5.69 Å². The van der Waals surface area contributed by atoms with Gasteiger partial charge in [-0.3, -0.25) is 14.3 Å². The molecule has 2 heterocycles. The van der Waals surface area contributed by atoms with Crippen LogP contribution in [0.15, 0.2) is 12.5 Å². The minimum absolute atomic E-state index is 0.134. The van der Waals surface area contributed by atoms with Crippen molar-refractivity contribution in [2.24, 2.45) is 12.8 Å². The van der Waals surface area contributed by atoms with E-state index in [0.717, 1.165) is 22.5 Å². The number of amides is 1. The highest BCUT2D eigenvalue weighted by Crippen LogP contribution is 2.32. The molecule has 0 atom stereocenters. The third-order valence-electron chi connectivity index (χ3n) is 3.24. The van der Waals surface area contributed by atoms with Crippen LogP contribution in [0.4, 0.5) is 0 Å². The van der Waals surface area contributed by atoms with Crippen molar-refractivity contribution in [1.82, 2.24) is 19.7 Å². The molecular weight excluding hydrogens is 246 g/mol. The van der Waals surface area contributed by atoms with E-state index < -0.39 is 11.7 Å². The quantitative estimate of drug-likeness (QED) is 0.584. The van der Waals surface area contributed by atoms with Crippen LogP contribution in [0.3, 0.4) is 0 Å². The molecule has 19 heavy (non-hydrogen) atoms. The molecule has 3 rings (SSSR count). The number of hydrogen-bond acceptors (Lipinski definition) is 5. The number of nitrogens with zero attached hydrogens (tertiary/aromatic N) is 4. The minimum atomic E-state index is -0.991. The maximum atomic E-state index is 11.8. The van der Waals surface area contributed by atoms with Crippen LogP contribution >= 0.6 is 0 Å². The maximum Gasteiger partial charge on any atom is 0.291 e. The highest BCUT2D eigenvalue weighted by molar-refractivity contribution is 6.42. The second kappa shape index (κ2) is 3.98. The van der Waals surface area contributed by atoms with Crippen molar-refractivity contribution in [3.8, 4) is 11.4 Å². The Balaban J connectivity index is 2.23. The van der Waals surface area contributed by atoms with Crippen molar-refractivity contribution in [1.29, 1.82) is 0 Å². The summed E-state index contributed by atoms with van der Waals surface area (Å²) in [4.78, 5) is 31.0.